The highest BCUT2D eigenvalue weighted by atomic mass is 16.5. The minimum Gasteiger partial charge on any atom is -0.354 e. The van der Waals surface area contributed by atoms with E-state index in [2.05, 4.69) is 25.5 Å². The van der Waals surface area contributed by atoms with Gasteiger partial charge in [0, 0.05) is 13.2 Å². The normalized spacial score (nSPS) is 25.0. The Morgan fingerprint density at radius 2 is 2.00 bits per heavy atom. The topological polar surface area (TPSA) is 24.5 Å². The minimum absolute atomic E-state index is 0.116. The quantitative estimate of drug-likeness (QED) is 0.801. The van der Waals surface area contributed by atoms with Gasteiger partial charge in [0.2, 0.25) is 0 Å². The molecule has 1 unspecified atom stereocenters. The van der Waals surface area contributed by atoms with Crippen molar-refractivity contribution in [1.29, 1.82) is 0 Å². The number of hydrazine groups is 1. The van der Waals surface area contributed by atoms with Gasteiger partial charge < -0.3 is 9.75 Å². The van der Waals surface area contributed by atoms with Crippen LogP contribution in [0.15, 0.2) is 11.8 Å². The highest BCUT2D eigenvalue weighted by Crippen LogP contribution is 2.28. The first-order chi connectivity index (χ1) is 7.66. The Labute approximate surface area is 99.8 Å². The van der Waals surface area contributed by atoms with E-state index >= 15 is 0 Å². The Balaban J connectivity index is 0.000000606. The van der Waals surface area contributed by atoms with Crippen LogP contribution < -0.4 is 5.43 Å². The van der Waals surface area contributed by atoms with E-state index in [-0.39, 0.29) is 6.23 Å². The zero-order valence-corrected chi connectivity index (χ0v) is 11.3. The van der Waals surface area contributed by atoms with Crippen molar-refractivity contribution in [3.05, 3.63) is 11.8 Å². The Kier molecular flexibility index (Phi) is 5.29. The van der Waals surface area contributed by atoms with E-state index in [1.165, 1.54) is 24.8 Å². The van der Waals surface area contributed by atoms with Gasteiger partial charge in [-0.2, -0.15) is 0 Å². The molecule has 0 bridgehead atoms. The summed E-state index contributed by atoms with van der Waals surface area (Å²) in [7, 11) is 2.02. The molecule has 1 N–H and O–H groups in total. The molecule has 1 fully saturated rings. The summed E-state index contributed by atoms with van der Waals surface area (Å²) in [5.74, 6) is 0.553. The second kappa shape index (κ2) is 6.26. The molecule has 1 heterocycles. The summed E-state index contributed by atoms with van der Waals surface area (Å²) in [6, 6.07) is 0. The van der Waals surface area contributed by atoms with Crippen molar-refractivity contribution in [1.82, 2.24) is 10.4 Å². The molecule has 1 atom stereocenters. The molecular weight excluding hydrogens is 200 g/mol. The Morgan fingerprint density at radius 1 is 1.38 bits per heavy atom. The van der Waals surface area contributed by atoms with E-state index in [0.29, 0.717) is 12.0 Å². The number of nitrogens with one attached hydrogen (secondary N) is 1. The number of hydrogen-bond acceptors (Lipinski definition) is 3. The minimum atomic E-state index is 0.116. The van der Waals surface area contributed by atoms with E-state index in [9.17, 15) is 0 Å². The smallest absolute Gasteiger partial charge is 0.148 e. The Hall–Kier alpha value is -0.540. The van der Waals surface area contributed by atoms with Crippen molar-refractivity contribution in [2.45, 2.75) is 59.3 Å². The molecule has 2 aliphatic rings. The number of rotatable bonds is 3. The molecule has 0 aromatic heterocycles. The zero-order chi connectivity index (χ0) is 12.1. The molecule has 94 valence electrons. The van der Waals surface area contributed by atoms with Gasteiger partial charge in [-0.05, 0) is 30.8 Å². The van der Waals surface area contributed by atoms with Crippen molar-refractivity contribution < 1.29 is 4.74 Å². The molecule has 3 heteroatoms. The lowest BCUT2D eigenvalue weighted by atomic mass is 9.95. The zero-order valence-electron chi connectivity index (χ0n) is 11.3. The first-order valence-corrected chi connectivity index (χ1v) is 6.53. The summed E-state index contributed by atoms with van der Waals surface area (Å²) >= 11 is 0. The van der Waals surface area contributed by atoms with Crippen LogP contribution in [-0.4, -0.2) is 24.4 Å². The first-order valence-electron chi connectivity index (χ1n) is 6.53. The van der Waals surface area contributed by atoms with Gasteiger partial charge in [0.1, 0.15) is 6.23 Å². The van der Waals surface area contributed by atoms with Crippen LogP contribution in [0.3, 0.4) is 0 Å². The van der Waals surface area contributed by atoms with Crippen LogP contribution in [0.1, 0.15) is 47.0 Å². The third-order valence-electron chi connectivity index (χ3n) is 3.01. The van der Waals surface area contributed by atoms with Gasteiger partial charge in [-0.15, -0.1) is 0 Å². The predicted molar refractivity (Wildman–Crippen MR) is 67.7 cm³/mol. The fraction of sp³-hybridized carbons (Fsp3) is 0.846. The standard InChI is InChI=1S/C11H20N2O.C2H6/c1-8(2)10-7-13(3)12-11(10)14-9-5-4-6-9;1-2/h7-9,11-12H,4-6H2,1-3H3;1-2H3. The molecule has 16 heavy (non-hydrogen) atoms. The van der Waals surface area contributed by atoms with Gasteiger partial charge >= 0.3 is 0 Å². The van der Waals surface area contributed by atoms with Crippen LogP contribution >= 0.6 is 0 Å². The van der Waals surface area contributed by atoms with Crippen molar-refractivity contribution in [3.8, 4) is 0 Å². The van der Waals surface area contributed by atoms with Gasteiger partial charge in [-0.25, -0.2) is 5.43 Å². The number of nitrogens with zero attached hydrogens (tertiary/aromatic N) is 1. The van der Waals surface area contributed by atoms with Gasteiger partial charge in [-0.1, -0.05) is 27.7 Å². The fourth-order valence-electron chi connectivity index (χ4n) is 1.85. The summed E-state index contributed by atoms with van der Waals surface area (Å²) in [5.41, 5.74) is 4.66. The molecule has 2 rings (SSSR count). The third kappa shape index (κ3) is 3.22. The maximum absolute atomic E-state index is 5.97. The lowest BCUT2D eigenvalue weighted by Crippen LogP contribution is -2.40. The number of ether oxygens (including phenoxy) is 1. The van der Waals surface area contributed by atoms with Crippen LogP contribution in [0, 0.1) is 5.92 Å². The Bertz CT molecular complexity index is 234. The third-order valence-corrected chi connectivity index (χ3v) is 3.01. The molecular formula is C13H26N2O. The van der Waals surface area contributed by atoms with Gasteiger partial charge in [0.15, 0.2) is 0 Å². The first kappa shape index (κ1) is 13.5. The predicted octanol–water partition coefficient (Wildman–Crippen LogP) is 2.90. The highest BCUT2D eigenvalue weighted by Gasteiger charge is 2.29. The molecule has 0 amide bonds. The van der Waals surface area contributed by atoms with Crippen LogP contribution in [0.25, 0.3) is 0 Å². The van der Waals surface area contributed by atoms with Crippen molar-refractivity contribution in [3.63, 3.8) is 0 Å². The summed E-state index contributed by atoms with van der Waals surface area (Å²) in [4.78, 5) is 0. The molecule has 0 radical (unpaired) electrons. The molecule has 1 aliphatic heterocycles. The van der Waals surface area contributed by atoms with Crippen molar-refractivity contribution in [2.24, 2.45) is 5.92 Å². The molecule has 0 aromatic carbocycles. The fourth-order valence-corrected chi connectivity index (χ4v) is 1.85. The lowest BCUT2D eigenvalue weighted by Gasteiger charge is -2.30. The van der Waals surface area contributed by atoms with E-state index in [1.807, 2.05) is 25.9 Å². The van der Waals surface area contributed by atoms with E-state index < -0.39 is 0 Å². The molecule has 1 saturated carbocycles. The maximum atomic E-state index is 5.97. The monoisotopic (exact) mass is 226 g/mol. The van der Waals surface area contributed by atoms with Gasteiger partial charge in [-0.3, -0.25) is 0 Å². The van der Waals surface area contributed by atoms with Crippen LogP contribution in [0.2, 0.25) is 0 Å². The molecule has 0 saturated heterocycles. The Morgan fingerprint density at radius 3 is 2.44 bits per heavy atom. The van der Waals surface area contributed by atoms with Gasteiger partial charge in [0.25, 0.3) is 0 Å². The average Bonchev–Trinajstić information content (AvgIpc) is 2.57. The maximum Gasteiger partial charge on any atom is 0.148 e. The van der Waals surface area contributed by atoms with Gasteiger partial charge in [0.05, 0.1) is 6.10 Å². The largest absolute Gasteiger partial charge is 0.354 e. The summed E-state index contributed by atoms with van der Waals surface area (Å²) < 4.78 is 5.97. The van der Waals surface area contributed by atoms with Crippen molar-refractivity contribution >= 4 is 0 Å². The summed E-state index contributed by atoms with van der Waals surface area (Å²) in [5, 5.41) is 2.00. The summed E-state index contributed by atoms with van der Waals surface area (Å²) in [6.45, 7) is 8.42. The molecule has 1 aliphatic carbocycles. The molecule has 0 spiro atoms. The lowest BCUT2D eigenvalue weighted by molar-refractivity contribution is -0.0613. The van der Waals surface area contributed by atoms with E-state index in [4.69, 9.17) is 4.74 Å². The van der Waals surface area contributed by atoms with E-state index in [0.717, 1.165) is 0 Å². The SMILES string of the molecule is CC.CC(C)C1=CN(C)NC1OC1CCC1. The second-order valence-corrected chi connectivity index (χ2v) is 4.59. The van der Waals surface area contributed by atoms with Crippen molar-refractivity contribution in [2.75, 3.05) is 7.05 Å². The average molecular weight is 226 g/mol. The molecule has 0 aromatic rings. The van der Waals surface area contributed by atoms with Crippen LogP contribution in [0.4, 0.5) is 0 Å². The van der Waals surface area contributed by atoms with Crippen LogP contribution in [0.5, 0.6) is 0 Å². The second-order valence-electron chi connectivity index (χ2n) is 4.59. The van der Waals surface area contributed by atoms with Crippen LogP contribution in [-0.2, 0) is 4.74 Å². The molecule has 3 nitrogen and oxygen atoms in total. The summed E-state index contributed by atoms with van der Waals surface area (Å²) in [6.07, 6.45) is 6.54. The number of hydrogen-bond donors (Lipinski definition) is 1. The highest BCUT2D eigenvalue weighted by molar-refractivity contribution is 5.13. The van der Waals surface area contributed by atoms with E-state index in [1.54, 1.807) is 0 Å².